The van der Waals surface area contributed by atoms with E-state index in [4.69, 9.17) is 9.66 Å². The number of ether oxygens (including phenoxy) is 1. The summed E-state index contributed by atoms with van der Waals surface area (Å²) in [5.41, 5.74) is 0. The first-order valence-corrected chi connectivity index (χ1v) is 7.23. The molecule has 0 aromatic rings. The maximum Gasteiger partial charge on any atom is 0.402 e. The minimum Gasteiger partial charge on any atom is -0.458 e. The van der Waals surface area contributed by atoms with Gasteiger partial charge in [-0.3, -0.25) is 9.35 Å². The molecule has 0 atom stereocenters. The maximum absolute atomic E-state index is 12.8. The molecule has 1 fully saturated rings. The number of aliphatic hydroxyl groups excluding tert-OH is 1. The second-order valence-electron chi connectivity index (χ2n) is 4.62. The van der Waals surface area contributed by atoms with Gasteiger partial charge in [0.2, 0.25) is 0 Å². The molecular weight excluding hydrogens is 286 g/mol. The lowest BCUT2D eigenvalue weighted by Gasteiger charge is -2.26. The summed E-state index contributed by atoms with van der Waals surface area (Å²) in [6, 6.07) is 0. The third-order valence-electron chi connectivity index (χ3n) is 3.20. The first-order chi connectivity index (χ1) is 8.67. The van der Waals surface area contributed by atoms with Crippen LogP contribution in [-0.4, -0.2) is 42.5 Å². The topological polar surface area (TPSA) is 101 Å². The zero-order chi connectivity index (χ0) is 14.7. The maximum atomic E-state index is 12.8. The number of esters is 1. The molecule has 1 rings (SSSR count). The summed E-state index contributed by atoms with van der Waals surface area (Å²) < 4.78 is 58.8. The average Bonchev–Trinajstić information content (AvgIpc) is 2.35. The van der Waals surface area contributed by atoms with Crippen molar-refractivity contribution in [1.29, 1.82) is 0 Å². The molecule has 0 aromatic heterocycles. The standard InChI is InChI=1S/C10H16F2O6S/c11-10(12,19(15,16)17)6-18-9(14)8-3-1-7(5-13)2-4-8/h7-8,13H,1-6H2,(H,15,16,17). The molecule has 0 unspecified atom stereocenters. The van der Waals surface area contributed by atoms with E-state index in [1.165, 1.54) is 0 Å². The third-order valence-corrected chi connectivity index (χ3v) is 4.07. The van der Waals surface area contributed by atoms with E-state index in [-0.39, 0.29) is 12.5 Å². The zero-order valence-corrected chi connectivity index (χ0v) is 10.9. The Hall–Kier alpha value is -0.800. The van der Waals surface area contributed by atoms with Gasteiger partial charge in [0.25, 0.3) is 0 Å². The monoisotopic (exact) mass is 302 g/mol. The Labute approximate surface area is 109 Å². The summed E-state index contributed by atoms with van der Waals surface area (Å²) in [6.45, 7) is -1.67. The molecule has 0 aliphatic heterocycles. The van der Waals surface area contributed by atoms with Crippen LogP contribution in [0.1, 0.15) is 25.7 Å². The SMILES string of the molecule is O=C(OCC(F)(F)S(=O)(=O)O)C1CCC(CO)CC1. The van der Waals surface area contributed by atoms with Crippen molar-refractivity contribution in [2.24, 2.45) is 11.8 Å². The van der Waals surface area contributed by atoms with Gasteiger partial charge in [0.15, 0.2) is 6.61 Å². The number of aliphatic hydroxyl groups is 1. The summed E-state index contributed by atoms with van der Waals surface area (Å²) >= 11 is 0. The van der Waals surface area contributed by atoms with Crippen LogP contribution in [0.25, 0.3) is 0 Å². The minimum atomic E-state index is -5.59. The summed E-state index contributed by atoms with van der Waals surface area (Å²) in [4.78, 5) is 11.5. The number of carbonyl (C=O) groups excluding carboxylic acids is 1. The molecule has 1 aliphatic carbocycles. The van der Waals surface area contributed by atoms with Crippen LogP contribution in [-0.2, 0) is 19.6 Å². The van der Waals surface area contributed by atoms with Crippen LogP contribution >= 0.6 is 0 Å². The third kappa shape index (κ3) is 4.36. The van der Waals surface area contributed by atoms with Gasteiger partial charge in [0.1, 0.15) is 0 Å². The van der Waals surface area contributed by atoms with E-state index < -0.39 is 33.9 Å². The molecule has 0 radical (unpaired) electrons. The number of hydrogen-bond donors (Lipinski definition) is 2. The highest BCUT2D eigenvalue weighted by Crippen LogP contribution is 2.30. The van der Waals surface area contributed by atoms with Crippen LogP contribution in [0, 0.1) is 11.8 Å². The highest BCUT2D eigenvalue weighted by atomic mass is 32.2. The zero-order valence-electron chi connectivity index (χ0n) is 10.1. The molecule has 0 amide bonds. The van der Waals surface area contributed by atoms with Crippen molar-refractivity contribution in [2.45, 2.75) is 30.9 Å². The van der Waals surface area contributed by atoms with E-state index in [1.807, 2.05) is 0 Å². The van der Waals surface area contributed by atoms with Crippen molar-refractivity contribution in [3.05, 3.63) is 0 Å². The molecular formula is C10H16F2O6S. The van der Waals surface area contributed by atoms with Gasteiger partial charge in [-0.1, -0.05) is 0 Å². The van der Waals surface area contributed by atoms with Gasteiger partial charge in [-0.05, 0) is 31.6 Å². The number of hydrogen-bond acceptors (Lipinski definition) is 5. The second-order valence-corrected chi connectivity index (χ2v) is 6.17. The van der Waals surface area contributed by atoms with E-state index in [1.54, 1.807) is 0 Å². The van der Waals surface area contributed by atoms with Gasteiger partial charge >= 0.3 is 21.3 Å². The molecule has 9 heteroatoms. The summed E-state index contributed by atoms with van der Waals surface area (Å²) in [5, 5.41) is 4.41. The van der Waals surface area contributed by atoms with Crippen LogP contribution < -0.4 is 0 Å². The Balaban J connectivity index is 2.45. The predicted molar refractivity (Wildman–Crippen MR) is 60.0 cm³/mol. The Morgan fingerprint density at radius 1 is 1.26 bits per heavy atom. The van der Waals surface area contributed by atoms with Crippen molar-refractivity contribution in [1.82, 2.24) is 0 Å². The molecule has 0 aromatic carbocycles. The molecule has 1 saturated carbocycles. The van der Waals surface area contributed by atoms with Crippen LogP contribution in [0.2, 0.25) is 0 Å². The van der Waals surface area contributed by atoms with Gasteiger partial charge in [0, 0.05) is 6.61 Å². The van der Waals surface area contributed by atoms with Gasteiger partial charge in [-0.25, -0.2) is 0 Å². The number of alkyl halides is 2. The molecule has 112 valence electrons. The minimum absolute atomic E-state index is 0.0165. The van der Waals surface area contributed by atoms with E-state index in [0.29, 0.717) is 25.7 Å². The fourth-order valence-corrected chi connectivity index (χ4v) is 2.14. The lowest BCUT2D eigenvalue weighted by Crippen LogP contribution is -2.36. The van der Waals surface area contributed by atoms with Gasteiger partial charge in [0.05, 0.1) is 5.92 Å². The number of rotatable bonds is 5. The fourth-order valence-electron chi connectivity index (χ4n) is 1.93. The normalized spacial score (nSPS) is 25.1. The van der Waals surface area contributed by atoms with Crippen molar-refractivity contribution >= 4 is 16.1 Å². The van der Waals surface area contributed by atoms with Crippen LogP contribution in [0.4, 0.5) is 8.78 Å². The molecule has 19 heavy (non-hydrogen) atoms. The van der Waals surface area contributed by atoms with Gasteiger partial charge < -0.3 is 9.84 Å². The first-order valence-electron chi connectivity index (χ1n) is 5.79. The number of carbonyl (C=O) groups is 1. The lowest BCUT2D eigenvalue weighted by atomic mass is 9.82. The summed E-state index contributed by atoms with van der Waals surface area (Å²) in [6.07, 6.45) is 1.99. The van der Waals surface area contributed by atoms with Gasteiger partial charge in [-0.2, -0.15) is 17.2 Å². The summed E-state index contributed by atoms with van der Waals surface area (Å²) in [7, 11) is -5.59. The molecule has 0 heterocycles. The Kier molecular flexibility index (Phi) is 5.22. The average molecular weight is 302 g/mol. The van der Waals surface area contributed by atoms with Crippen molar-refractivity contribution in [2.75, 3.05) is 13.2 Å². The Bertz CT molecular complexity index is 414. The van der Waals surface area contributed by atoms with Crippen molar-refractivity contribution < 1.29 is 36.4 Å². The largest absolute Gasteiger partial charge is 0.458 e. The second kappa shape index (κ2) is 6.10. The van der Waals surface area contributed by atoms with E-state index in [2.05, 4.69) is 4.74 Å². The molecule has 2 N–H and O–H groups in total. The predicted octanol–water partition coefficient (Wildman–Crippen LogP) is 0.809. The summed E-state index contributed by atoms with van der Waals surface area (Å²) in [5.74, 6) is -1.37. The van der Waals surface area contributed by atoms with Crippen LogP contribution in [0.5, 0.6) is 0 Å². The van der Waals surface area contributed by atoms with Crippen molar-refractivity contribution in [3.63, 3.8) is 0 Å². The van der Waals surface area contributed by atoms with E-state index in [0.717, 1.165) is 0 Å². The Morgan fingerprint density at radius 2 is 1.79 bits per heavy atom. The van der Waals surface area contributed by atoms with Crippen LogP contribution in [0.3, 0.4) is 0 Å². The molecule has 0 spiro atoms. The molecule has 1 aliphatic rings. The van der Waals surface area contributed by atoms with Crippen molar-refractivity contribution in [3.8, 4) is 0 Å². The Morgan fingerprint density at radius 3 is 2.21 bits per heavy atom. The smallest absolute Gasteiger partial charge is 0.402 e. The molecule has 0 bridgehead atoms. The number of halogens is 2. The highest BCUT2D eigenvalue weighted by molar-refractivity contribution is 7.86. The van der Waals surface area contributed by atoms with Crippen LogP contribution in [0.15, 0.2) is 0 Å². The molecule has 6 nitrogen and oxygen atoms in total. The molecule has 0 saturated heterocycles. The van der Waals surface area contributed by atoms with E-state index in [9.17, 15) is 22.0 Å². The fraction of sp³-hybridized carbons (Fsp3) is 0.900. The quantitative estimate of drug-likeness (QED) is 0.575. The van der Waals surface area contributed by atoms with E-state index >= 15 is 0 Å². The first kappa shape index (κ1) is 16.3. The lowest BCUT2D eigenvalue weighted by molar-refractivity contribution is -0.156. The van der Waals surface area contributed by atoms with Gasteiger partial charge in [-0.15, -0.1) is 0 Å². The highest BCUT2D eigenvalue weighted by Gasteiger charge is 2.46.